The van der Waals surface area contributed by atoms with Gasteiger partial charge in [0.25, 0.3) is 5.56 Å². The minimum absolute atomic E-state index is 0.0256. The van der Waals surface area contributed by atoms with Gasteiger partial charge in [-0.15, -0.1) is 11.3 Å². The molecule has 0 bridgehead atoms. The molecule has 130 valence electrons. The van der Waals surface area contributed by atoms with Crippen molar-refractivity contribution in [1.82, 2.24) is 9.55 Å². The molecule has 1 aromatic carbocycles. The van der Waals surface area contributed by atoms with Crippen molar-refractivity contribution in [2.24, 2.45) is 7.05 Å². The second kappa shape index (κ2) is 6.59. The van der Waals surface area contributed by atoms with Gasteiger partial charge in [-0.3, -0.25) is 9.36 Å². The van der Waals surface area contributed by atoms with Gasteiger partial charge in [0.1, 0.15) is 10.6 Å². The van der Waals surface area contributed by atoms with Gasteiger partial charge in [-0.25, -0.2) is 9.37 Å². The SMILES string of the molecule is Cn1c(NCCc2cccc(F)c2)nc2sc3c(c2c1=O)CCCC3. The van der Waals surface area contributed by atoms with Crippen LogP contribution in [-0.4, -0.2) is 16.1 Å². The van der Waals surface area contributed by atoms with E-state index in [0.29, 0.717) is 18.9 Å². The Bertz CT molecular complexity index is 992. The molecule has 1 aliphatic rings. The summed E-state index contributed by atoms with van der Waals surface area (Å²) in [7, 11) is 1.76. The van der Waals surface area contributed by atoms with Gasteiger partial charge in [0.05, 0.1) is 5.39 Å². The van der Waals surface area contributed by atoms with Crippen molar-refractivity contribution in [3.8, 4) is 0 Å². The number of aryl methyl sites for hydroxylation is 2. The number of hydrogen-bond acceptors (Lipinski definition) is 4. The summed E-state index contributed by atoms with van der Waals surface area (Å²) in [5, 5.41) is 4.03. The van der Waals surface area contributed by atoms with E-state index in [2.05, 4.69) is 10.3 Å². The minimum Gasteiger partial charge on any atom is -0.355 e. The van der Waals surface area contributed by atoms with Gasteiger partial charge in [-0.2, -0.15) is 0 Å². The van der Waals surface area contributed by atoms with E-state index in [4.69, 9.17) is 0 Å². The van der Waals surface area contributed by atoms with E-state index in [1.54, 1.807) is 29.0 Å². The monoisotopic (exact) mass is 357 g/mol. The van der Waals surface area contributed by atoms with Gasteiger partial charge in [-0.05, 0) is 55.4 Å². The van der Waals surface area contributed by atoms with Crippen LogP contribution in [0.15, 0.2) is 29.1 Å². The predicted octanol–water partition coefficient (Wildman–Crippen LogP) is 3.67. The second-order valence-corrected chi connectivity index (χ2v) is 7.58. The van der Waals surface area contributed by atoms with Gasteiger partial charge < -0.3 is 5.32 Å². The lowest BCUT2D eigenvalue weighted by Gasteiger charge is -2.12. The molecule has 0 spiro atoms. The summed E-state index contributed by atoms with van der Waals surface area (Å²) in [5.74, 6) is 0.348. The number of thiophene rings is 1. The summed E-state index contributed by atoms with van der Waals surface area (Å²) in [6, 6.07) is 6.58. The Hall–Kier alpha value is -2.21. The lowest BCUT2D eigenvalue weighted by molar-refractivity contribution is 0.625. The number of hydrogen-bond donors (Lipinski definition) is 1. The van der Waals surface area contributed by atoms with E-state index < -0.39 is 0 Å². The number of halogens is 1. The average molecular weight is 357 g/mol. The first-order chi connectivity index (χ1) is 12.1. The van der Waals surface area contributed by atoms with Crippen molar-refractivity contribution >= 4 is 27.5 Å². The first kappa shape index (κ1) is 16.3. The van der Waals surface area contributed by atoms with E-state index in [1.165, 1.54) is 29.0 Å². The fourth-order valence-electron chi connectivity index (χ4n) is 3.46. The van der Waals surface area contributed by atoms with Gasteiger partial charge >= 0.3 is 0 Å². The molecule has 0 amide bonds. The molecule has 0 fully saturated rings. The molecule has 4 rings (SSSR count). The van der Waals surface area contributed by atoms with E-state index >= 15 is 0 Å². The van der Waals surface area contributed by atoms with Crippen LogP contribution in [0.2, 0.25) is 0 Å². The molecule has 0 unspecified atom stereocenters. The molecule has 6 heteroatoms. The van der Waals surface area contributed by atoms with Crippen LogP contribution in [-0.2, 0) is 26.3 Å². The Morgan fingerprint density at radius 1 is 1.32 bits per heavy atom. The summed E-state index contributed by atoms with van der Waals surface area (Å²) < 4.78 is 14.8. The highest BCUT2D eigenvalue weighted by Gasteiger charge is 2.20. The van der Waals surface area contributed by atoms with Crippen molar-refractivity contribution < 1.29 is 4.39 Å². The Balaban J connectivity index is 1.60. The molecule has 0 saturated carbocycles. The Kier molecular flexibility index (Phi) is 4.29. The van der Waals surface area contributed by atoms with Crippen molar-refractivity contribution in [2.75, 3.05) is 11.9 Å². The summed E-state index contributed by atoms with van der Waals surface area (Å²) in [4.78, 5) is 19.6. The van der Waals surface area contributed by atoms with E-state index in [0.717, 1.165) is 35.0 Å². The van der Waals surface area contributed by atoms with Crippen LogP contribution in [0.1, 0.15) is 28.8 Å². The number of rotatable bonds is 4. The molecule has 1 aliphatic carbocycles. The molecule has 2 aromatic heterocycles. The Morgan fingerprint density at radius 2 is 2.16 bits per heavy atom. The smallest absolute Gasteiger partial charge is 0.263 e. The topological polar surface area (TPSA) is 46.9 Å². The van der Waals surface area contributed by atoms with Crippen molar-refractivity contribution in [2.45, 2.75) is 32.1 Å². The van der Waals surface area contributed by atoms with Gasteiger partial charge in [0, 0.05) is 18.5 Å². The summed E-state index contributed by atoms with van der Waals surface area (Å²) in [6.07, 6.45) is 5.06. The number of benzene rings is 1. The molecule has 0 atom stereocenters. The molecule has 3 aromatic rings. The lowest BCUT2D eigenvalue weighted by atomic mass is 9.97. The highest BCUT2D eigenvalue weighted by Crippen LogP contribution is 2.34. The van der Waals surface area contributed by atoms with Crippen LogP contribution in [0, 0.1) is 5.82 Å². The second-order valence-electron chi connectivity index (χ2n) is 6.50. The predicted molar refractivity (Wildman–Crippen MR) is 100 cm³/mol. The largest absolute Gasteiger partial charge is 0.355 e. The number of aromatic nitrogens is 2. The molecule has 2 heterocycles. The molecule has 0 radical (unpaired) electrons. The summed E-state index contributed by atoms with van der Waals surface area (Å²) in [6.45, 7) is 0.598. The number of nitrogens with zero attached hydrogens (tertiary/aromatic N) is 2. The summed E-state index contributed by atoms with van der Waals surface area (Å²) in [5.41, 5.74) is 2.16. The van der Waals surface area contributed by atoms with Gasteiger partial charge in [-0.1, -0.05) is 12.1 Å². The number of fused-ring (bicyclic) bond motifs is 3. The third-order valence-corrected chi connectivity index (χ3v) is 5.97. The van der Waals surface area contributed by atoms with Crippen molar-refractivity contribution in [3.05, 3.63) is 56.4 Å². The van der Waals surface area contributed by atoms with Crippen LogP contribution >= 0.6 is 11.3 Å². The standard InChI is InChI=1S/C19H20FN3OS/c1-23-18(24)16-14-7-2-3-8-15(14)25-17(16)22-19(23)21-10-9-12-5-4-6-13(20)11-12/h4-6,11H,2-3,7-10H2,1H3,(H,21,22). The average Bonchev–Trinajstić information content (AvgIpc) is 2.97. The van der Waals surface area contributed by atoms with E-state index in [9.17, 15) is 9.18 Å². The first-order valence-corrected chi connectivity index (χ1v) is 9.45. The number of nitrogens with one attached hydrogen (secondary N) is 1. The lowest BCUT2D eigenvalue weighted by Crippen LogP contribution is -2.23. The highest BCUT2D eigenvalue weighted by molar-refractivity contribution is 7.18. The first-order valence-electron chi connectivity index (χ1n) is 8.63. The quantitative estimate of drug-likeness (QED) is 0.775. The zero-order valence-electron chi connectivity index (χ0n) is 14.1. The minimum atomic E-state index is -0.228. The number of anilines is 1. The highest BCUT2D eigenvalue weighted by atomic mass is 32.1. The van der Waals surface area contributed by atoms with Crippen molar-refractivity contribution in [3.63, 3.8) is 0 Å². The molecule has 1 N–H and O–H groups in total. The zero-order chi connectivity index (χ0) is 17.4. The van der Waals surface area contributed by atoms with Crippen LogP contribution in [0.5, 0.6) is 0 Å². The Morgan fingerprint density at radius 3 is 3.00 bits per heavy atom. The van der Waals surface area contributed by atoms with Crippen LogP contribution in [0.25, 0.3) is 10.2 Å². The molecule has 4 nitrogen and oxygen atoms in total. The van der Waals surface area contributed by atoms with E-state index in [1.807, 2.05) is 6.07 Å². The van der Waals surface area contributed by atoms with Crippen LogP contribution < -0.4 is 10.9 Å². The third-order valence-electron chi connectivity index (χ3n) is 4.78. The summed E-state index contributed by atoms with van der Waals surface area (Å²) >= 11 is 1.65. The third kappa shape index (κ3) is 3.06. The van der Waals surface area contributed by atoms with Gasteiger partial charge in [0.2, 0.25) is 5.95 Å². The molecular formula is C19H20FN3OS. The van der Waals surface area contributed by atoms with Crippen LogP contribution in [0.3, 0.4) is 0 Å². The molecule has 0 aliphatic heterocycles. The van der Waals surface area contributed by atoms with Crippen LogP contribution in [0.4, 0.5) is 10.3 Å². The van der Waals surface area contributed by atoms with Gasteiger partial charge in [0.15, 0.2) is 0 Å². The maximum absolute atomic E-state index is 13.2. The fourth-order valence-corrected chi connectivity index (χ4v) is 4.71. The molecule has 0 saturated heterocycles. The maximum Gasteiger partial charge on any atom is 0.263 e. The maximum atomic E-state index is 13.2. The normalized spacial score (nSPS) is 13.8. The molecule has 25 heavy (non-hydrogen) atoms. The fraction of sp³-hybridized carbons (Fsp3) is 0.368. The zero-order valence-corrected chi connectivity index (χ0v) is 15.0. The van der Waals surface area contributed by atoms with E-state index in [-0.39, 0.29) is 11.4 Å². The Labute approximate surface area is 149 Å². The molecular weight excluding hydrogens is 337 g/mol. The van der Waals surface area contributed by atoms with Crippen molar-refractivity contribution in [1.29, 1.82) is 0 Å².